The molecule has 0 unspecified atom stereocenters. The molecule has 3 aromatic rings. The number of hydrogen-bond donors (Lipinski definition) is 2. The lowest BCUT2D eigenvalue weighted by molar-refractivity contribution is -0.116. The smallest absolute Gasteiger partial charge is 0.224 e. The first kappa shape index (κ1) is 21.1. The molecule has 6 nitrogen and oxygen atoms in total. The number of ether oxygens (including phenoxy) is 1. The van der Waals surface area contributed by atoms with E-state index in [2.05, 4.69) is 36.5 Å². The van der Waals surface area contributed by atoms with Crippen molar-refractivity contribution in [2.45, 2.75) is 19.8 Å². The number of amides is 1. The summed E-state index contributed by atoms with van der Waals surface area (Å²) in [5.74, 6) is 1.26. The van der Waals surface area contributed by atoms with E-state index < -0.39 is 0 Å². The van der Waals surface area contributed by atoms with Crippen LogP contribution >= 0.6 is 27.5 Å². The van der Waals surface area contributed by atoms with Crippen molar-refractivity contribution in [3.63, 3.8) is 0 Å². The number of carbonyl (C=O) groups excluding carboxylic acids is 1. The van der Waals surface area contributed by atoms with E-state index in [1.54, 1.807) is 12.1 Å². The minimum Gasteiger partial charge on any atom is -0.492 e. The predicted molar refractivity (Wildman–Crippen MR) is 119 cm³/mol. The largest absolute Gasteiger partial charge is 0.492 e. The number of rotatable bonds is 8. The Bertz CT molecular complexity index is 983. The third-order valence-electron chi connectivity index (χ3n) is 3.94. The Morgan fingerprint density at radius 1 is 1.10 bits per heavy atom. The van der Waals surface area contributed by atoms with Crippen molar-refractivity contribution >= 4 is 50.6 Å². The molecule has 1 amide bonds. The van der Waals surface area contributed by atoms with Crippen molar-refractivity contribution in [3.05, 3.63) is 70.0 Å². The molecule has 0 aliphatic rings. The van der Waals surface area contributed by atoms with Gasteiger partial charge in [0.1, 0.15) is 17.9 Å². The molecule has 0 spiro atoms. The number of nitrogens with one attached hydrogen (secondary N) is 2. The minimum atomic E-state index is -0.0670. The second-order valence-corrected chi connectivity index (χ2v) is 7.64. The zero-order chi connectivity index (χ0) is 20.6. The van der Waals surface area contributed by atoms with Crippen LogP contribution in [0.4, 0.5) is 17.2 Å². The third kappa shape index (κ3) is 6.73. The summed E-state index contributed by atoms with van der Waals surface area (Å²) in [5.41, 5.74) is 2.50. The summed E-state index contributed by atoms with van der Waals surface area (Å²) in [5, 5.41) is 6.61. The number of nitrogens with zero attached hydrogens (tertiary/aromatic N) is 2. The molecule has 150 valence electrons. The molecule has 29 heavy (non-hydrogen) atoms. The van der Waals surface area contributed by atoms with Crippen LogP contribution in [-0.2, 0) is 4.79 Å². The maximum Gasteiger partial charge on any atom is 0.224 e. The van der Waals surface area contributed by atoms with E-state index in [-0.39, 0.29) is 5.91 Å². The van der Waals surface area contributed by atoms with Crippen LogP contribution in [-0.4, -0.2) is 22.5 Å². The van der Waals surface area contributed by atoms with Crippen molar-refractivity contribution in [1.29, 1.82) is 0 Å². The number of aromatic nitrogens is 2. The van der Waals surface area contributed by atoms with E-state index in [0.29, 0.717) is 30.2 Å². The van der Waals surface area contributed by atoms with Gasteiger partial charge in [-0.15, -0.1) is 0 Å². The van der Waals surface area contributed by atoms with Gasteiger partial charge < -0.3 is 15.4 Å². The maximum absolute atomic E-state index is 12.1. The molecule has 0 radical (unpaired) electrons. The number of hydrogen-bond acceptors (Lipinski definition) is 5. The van der Waals surface area contributed by atoms with Gasteiger partial charge in [0, 0.05) is 34.0 Å². The lowest BCUT2D eigenvalue weighted by atomic mass is 10.2. The van der Waals surface area contributed by atoms with Crippen LogP contribution in [0.5, 0.6) is 5.75 Å². The first-order chi connectivity index (χ1) is 14.0. The summed E-state index contributed by atoms with van der Waals surface area (Å²) in [6.45, 7) is 2.32. The number of anilines is 3. The summed E-state index contributed by atoms with van der Waals surface area (Å²) in [4.78, 5) is 20.3. The van der Waals surface area contributed by atoms with Gasteiger partial charge >= 0.3 is 0 Å². The van der Waals surface area contributed by atoms with Crippen LogP contribution < -0.4 is 15.4 Å². The van der Waals surface area contributed by atoms with E-state index in [9.17, 15) is 4.79 Å². The van der Waals surface area contributed by atoms with E-state index in [0.717, 1.165) is 27.4 Å². The Kier molecular flexibility index (Phi) is 7.43. The Labute approximate surface area is 182 Å². The Balaban J connectivity index is 1.42. The number of halogens is 2. The van der Waals surface area contributed by atoms with E-state index in [4.69, 9.17) is 16.3 Å². The zero-order valence-electron chi connectivity index (χ0n) is 15.8. The SMILES string of the molecule is Cc1cc(Nc2ccc(NC(=O)CCCOc3ccc(Br)cc3Cl)cc2)ncn1. The lowest BCUT2D eigenvalue weighted by Gasteiger charge is -2.10. The fourth-order valence-corrected chi connectivity index (χ4v) is 3.27. The predicted octanol–water partition coefficient (Wildman–Crippen LogP) is 5.74. The Morgan fingerprint density at radius 3 is 2.59 bits per heavy atom. The lowest BCUT2D eigenvalue weighted by Crippen LogP contribution is -2.12. The fraction of sp³-hybridized carbons (Fsp3) is 0.190. The van der Waals surface area contributed by atoms with Crippen LogP contribution in [0.15, 0.2) is 59.3 Å². The summed E-state index contributed by atoms with van der Waals surface area (Å²) in [6, 6.07) is 14.7. The molecule has 0 saturated carbocycles. The van der Waals surface area contributed by atoms with E-state index in [1.165, 1.54) is 6.33 Å². The topological polar surface area (TPSA) is 76.1 Å². The quantitative estimate of drug-likeness (QED) is 0.406. The van der Waals surface area contributed by atoms with Gasteiger partial charge in [0.25, 0.3) is 0 Å². The molecule has 2 aromatic carbocycles. The molecule has 2 N–H and O–H groups in total. The highest BCUT2D eigenvalue weighted by Crippen LogP contribution is 2.27. The Morgan fingerprint density at radius 2 is 1.86 bits per heavy atom. The van der Waals surface area contributed by atoms with Gasteiger partial charge in [-0.1, -0.05) is 27.5 Å². The molecule has 0 atom stereocenters. The maximum atomic E-state index is 12.1. The summed E-state index contributed by atoms with van der Waals surface area (Å²) < 4.78 is 6.51. The van der Waals surface area contributed by atoms with Gasteiger partial charge in [-0.2, -0.15) is 0 Å². The van der Waals surface area contributed by atoms with Crippen molar-refractivity contribution in [3.8, 4) is 5.75 Å². The van der Waals surface area contributed by atoms with E-state index >= 15 is 0 Å². The highest BCUT2D eigenvalue weighted by atomic mass is 79.9. The molecule has 1 aromatic heterocycles. The number of benzene rings is 2. The molecular formula is C21H20BrClN4O2. The average molecular weight is 476 g/mol. The van der Waals surface area contributed by atoms with Crippen LogP contribution in [0.2, 0.25) is 5.02 Å². The van der Waals surface area contributed by atoms with Crippen LogP contribution in [0.25, 0.3) is 0 Å². The van der Waals surface area contributed by atoms with Crippen molar-refractivity contribution in [2.75, 3.05) is 17.2 Å². The van der Waals surface area contributed by atoms with Crippen molar-refractivity contribution in [1.82, 2.24) is 9.97 Å². The molecule has 0 aliphatic heterocycles. The highest BCUT2D eigenvalue weighted by molar-refractivity contribution is 9.10. The number of carbonyl (C=O) groups is 1. The van der Waals surface area contributed by atoms with Crippen LogP contribution in [0, 0.1) is 6.92 Å². The third-order valence-corrected chi connectivity index (χ3v) is 4.73. The second-order valence-electron chi connectivity index (χ2n) is 6.32. The van der Waals surface area contributed by atoms with E-state index in [1.807, 2.05) is 43.3 Å². The van der Waals surface area contributed by atoms with Gasteiger partial charge in [-0.3, -0.25) is 4.79 Å². The van der Waals surface area contributed by atoms with Gasteiger partial charge in [-0.25, -0.2) is 9.97 Å². The highest BCUT2D eigenvalue weighted by Gasteiger charge is 2.05. The first-order valence-corrected chi connectivity index (χ1v) is 10.2. The molecule has 0 aliphatic carbocycles. The zero-order valence-corrected chi connectivity index (χ0v) is 18.1. The Hall–Kier alpha value is -2.64. The molecule has 3 rings (SSSR count). The standard InChI is InChI=1S/C21H20BrClN4O2/c1-14-11-20(25-13-24-14)26-16-5-7-17(8-6-16)27-21(28)3-2-10-29-19-9-4-15(22)12-18(19)23/h4-9,11-13H,2-3,10H2,1H3,(H,27,28)(H,24,25,26). The summed E-state index contributed by atoms with van der Waals surface area (Å²) in [6.07, 6.45) is 2.46. The molecule has 0 fully saturated rings. The molecule has 0 bridgehead atoms. The van der Waals surface area contributed by atoms with Crippen molar-refractivity contribution < 1.29 is 9.53 Å². The van der Waals surface area contributed by atoms with Gasteiger partial charge in [0.15, 0.2) is 0 Å². The van der Waals surface area contributed by atoms with Crippen molar-refractivity contribution in [2.24, 2.45) is 0 Å². The molecule has 0 saturated heterocycles. The molecule has 1 heterocycles. The van der Waals surface area contributed by atoms with Gasteiger partial charge in [0.05, 0.1) is 11.6 Å². The minimum absolute atomic E-state index is 0.0670. The summed E-state index contributed by atoms with van der Waals surface area (Å²) in [7, 11) is 0. The first-order valence-electron chi connectivity index (χ1n) is 9.03. The van der Waals surface area contributed by atoms with Crippen LogP contribution in [0.1, 0.15) is 18.5 Å². The number of aryl methyl sites for hydroxylation is 1. The normalized spacial score (nSPS) is 10.4. The molecule has 8 heteroatoms. The second kappa shape index (κ2) is 10.2. The monoisotopic (exact) mass is 474 g/mol. The molecular weight excluding hydrogens is 456 g/mol. The average Bonchev–Trinajstić information content (AvgIpc) is 2.68. The van der Waals surface area contributed by atoms with Crippen LogP contribution in [0.3, 0.4) is 0 Å². The van der Waals surface area contributed by atoms with Gasteiger partial charge in [-0.05, 0) is 55.8 Å². The summed E-state index contributed by atoms with van der Waals surface area (Å²) >= 11 is 9.45. The van der Waals surface area contributed by atoms with Gasteiger partial charge in [0.2, 0.25) is 5.91 Å². The fourth-order valence-electron chi connectivity index (χ4n) is 2.54.